The van der Waals surface area contributed by atoms with Crippen LogP contribution in [0.15, 0.2) is 48.0 Å². The number of anilines is 1. The van der Waals surface area contributed by atoms with Crippen LogP contribution in [-0.4, -0.2) is 13.0 Å². The molecule has 0 aliphatic carbocycles. The number of halogens is 2. The first kappa shape index (κ1) is 16.9. The van der Waals surface area contributed by atoms with Crippen molar-refractivity contribution in [1.29, 1.82) is 5.26 Å². The number of hydrogen-bond donors (Lipinski definition) is 1. The number of methoxy groups -OCH3 is 1. The van der Waals surface area contributed by atoms with E-state index in [1.165, 1.54) is 13.2 Å². The maximum atomic E-state index is 12.2. The third-order valence-electron chi connectivity index (χ3n) is 2.93. The Bertz CT molecular complexity index is 810. The van der Waals surface area contributed by atoms with Crippen LogP contribution in [0.2, 0.25) is 10.0 Å². The molecule has 0 atom stereocenters. The number of para-hydroxylation sites is 1. The SMILES string of the molecule is COc1cc(Cl)cc(/C=C(\C#N)C(=O)Nc2ccccc2Cl)c1. The predicted molar refractivity (Wildman–Crippen MR) is 91.7 cm³/mol. The van der Waals surface area contributed by atoms with Gasteiger partial charge in [0.1, 0.15) is 17.4 Å². The van der Waals surface area contributed by atoms with Crippen molar-refractivity contribution in [2.24, 2.45) is 0 Å². The normalized spacial score (nSPS) is 10.8. The Balaban J connectivity index is 2.29. The number of nitrogens with one attached hydrogen (secondary N) is 1. The number of carbonyl (C=O) groups is 1. The Labute approximate surface area is 143 Å². The van der Waals surface area contributed by atoms with Crippen LogP contribution in [0.3, 0.4) is 0 Å². The summed E-state index contributed by atoms with van der Waals surface area (Å²) in [7, 11) is 1.51. The van der Waals surface area contributed by atoms with Crippen LogP contribution >= 0.6 is 23.2 Å². The lowest BCUT2D eigenvalue weighted by Gasteiger charge is -2.06. The van der Waals surface area contributed by atoms with Gasteiger partial charge < -0.3 is 10.1 Å². The van der Waals surface area contributed by atoms with Crippen molar-refractivity contribution in [2.75, 3.05) is 12.4 Å². The first-order valence-electron chi connectivity index (χ1n) is 6.55. The van der Waals surface area contributed by atoms with E-state index in [1.807, 2.05) is 6.07 Å². The van der Waals surface area contributed by atoms with Crippen molar-refractivity contribution < 1.29 is 9.53 Å². The minimum Gasteiger partial charge on any atom is -0.497 e. The van der Waals surface area contributed by atoms with E-state index in [2.05, 4.69) is 5.32 Å². The van der Waals surface area contributed by atoms with Crippen LogP contribution < -0.4 is 10.1 Å². The predicted octanol–water partition coefficient (Wildman–Crippen LogP) is 4.55. The van der Waals surface area contributed by atoms with Crippen LogP contribution in [0.25, 0.3) is 6.08 Å². The van der Waals surface area contributed by atoms with Crippen LogP contribution in [0.1, 0.15) is 5.56 Å². The maximum absolute atomic E-state index is 12.2. The minimum atomic E-state index is -0.556. The van der Waals surface area contributed by atoms with Gasteiger partial charge in [0.15, 0.2) is 0 Å². The average molecular weight is 347 g/mol. The van der Waals surface area contributed by atoms with Crippen molar-refractivity contribution in [1.82, 2.24) is 0 Å². The summed E-state index contributed by atoms with van der Waals surface area (Å²) in [6.45, 7) is 0. The Morgan fingerprint density at radius 2 is 2.00 bits per heavy atom. The highest BCUT2D eigenvalue weighted by molar-refractivity contribution is 6.34. The number of ether oxygens (including phenoxy) is 1. The lowest BCUT2D eigenvalue weighted by Crippen LogP contribution is -2.13. The summed E-state index contributed by atoms with van der Waals surface area (Å²) in [5.41, 5.74) is 0.943. The summed E-state index contributed by atoms with van der Waals surface area (Å²) in [5, 5.41) is 12.7. The highest BCUT2D eigenvalue weighted by atomic mass is 35.5. The van der Waals surface area contributed by atoms with E-state index in [4.69, 9.17) is 27.9 Å². The van der Waals surface area contributed by atoms with Crippen LogP contribution in [0, 0.1) is 11.3 Å². The quantitative estimate of drug-likeness (QED) is 0.652. The van der Waals surface area contributed by atoms with Gasteiger partial charge in [0.2, 0.25) is 0 Å². The van der Waals surface area contributed by atoms with Gasteiger partial charge in [0, 0.05) is 5.02 Å². The van der Waals surface area contributed by atoms with E-state index in [0.29, 0.717) is 27.0 Å². The van der Waals surface area contributed by atoms with E-state index >= 15 is 0 Å². The molecule has 0 aliphatic heterocycles. The molecule has 0 aromatic heterocycles. The van der Waals surface area contributed by atoms with Crippen molar-refractivity contribution in [3.05, 3.63) is 63.6 Å². The van der Waals surface area contributed by atoms with Gasteiger partial charge >= 0.3 is 0 Å². The molecule has 2 aromatic carbocycles. The van der Waals surface area contributed by atoms with Crippen molar-refractivity contribution in [3.63, 3.8) is 0 Å². The molecule has 23 heavy (non-hydrogen) atoms. The fourth-order valence-corrected chi connectivity index (χ4v) is 2.27. The number of benzene rings is 2. The number of nitrogens with zero attached hydrogens (tertiary/aromatic N) is 1. The van der Waals surface area contributed by atoms with Gasteiger partial charge in [-0.25, -0.2) is 0 Å². The summed E-state index contributed by atoms with van der Waals surface area (Å²) in [4.78, 5) is 12.2. The molecule has 0 saturated carbocycles. The summed E-state index contributed by atoms with van der Waals surface area (Å²) < 4.78 is 5.11. The van der Waals surface area contributed by atoms with Crippen molar-refractivity contribution >= 4 is 40.9 Å². The third-order valence-corrected chi connectivity index (χ3v) is 3.48. The van der Waals surface area contributed by atoms with Gasteiger partial charge in [-0.3, -0.25) is 4.79 Å². The lowest BCUT2D eigenvalue weighted by atomic mass is 10.1. The lowest BCUT2D eigenvalue weighted by molar-refractivity contribution is -0.112. The molecule has 0 aliphatic rings. The van der Waals surface area contributed by atoms with Crippen LogP contribution in [-0.2, 0) is 4.79 Å². The van der Waals surface area contributed by atoms with Crippen molar-refractivity contribution in [3.8, 4) is 11.8 Å². The fourth-order valence-electron chi connectivity index (χ4n) is 1.85. The Morgan fingerprint density at radius 3 is 2.65 bits per heavy atom. The molecule has 4 nitrogen and oxygen atoms in total. The summed E-state index contributed by atoms with van der Waals surface area (Å²) in [5.74, 6) is -0.0212. The van der Waals surface area contributed by atoms with Gasteiger partial charge in [-0.2, -0.15) is 5.26 Å². The minimum absolute atomic E-state index is 0.0748. The molecule has 0 spiro atoms. The Kier molecular flexibility index (Phi) is 5.64. The highest BCUT2D eigenvalue weighted by Gasteiger charge is 2.11. The molecule has 116 valence electrons. The molecule has 1 N–H and O–H groups in total. The molecule has 0 radical (unpaired) electrons. The van der Waals surface area contributed by atoms with E-state index in [9.17, 15) is 10.1 Å². The zero-order valence-electron chi connectivity index (χ0n) is 12.1. The van der Waals surface area contributed by atoms with Gasteiger partial charge in [-0.05, 0) is 42.0 Å². The zero-order chi connectivity index (χ0) is 16.8. The van der Waals surface area contributed by atoms with E-state index in [1.54, 1.807) is 42.5 Å². The summed E-state index contributed by atoms with van der Waals surface area (Å²) in [6, 6.07) is 13.6. The van der Waals surface area contributed by atoms with Gasteiger partial charge in [-0.15, -0.1) is 0 Å². The molecule has 1 amide bonds. The standard InChI is InChI=1S/C17H12Cl2N2O2/c1-23-14-8-11(7-13(18)9-14)6-12(10-20)17(22)21-16-5-3-2-4-15(16)19/h2-9H,1H3,(H,21,22)/b12-6+. The monoisotopic (exact) mass is 346 g/mol. The molecule has 2 rings (SSSR count). The summed E-state index contributed by atoms with van der Waals surface area (Å²) in [6.07, 6.45) is 1.43. The maximum Gasteiger partial charge on any atom is 0.266 e. The molecule has 0 saturated heterocycles. The number of carbonyl (C=O) groups excluding carboxylic acids is 1. The van der Waals surface area contributed by atoms with Gasteiger partial charge in [0.25, 0.3) is 5.91 Å². The molecular weight excluding hydrogens is 335 g/mol. The second-order valence-electron chi connectivity index (χ2n) is 4.53. The van der Waals surface area contributed by atoms with Crippen LogP contribution in [0.4, 0.5) is 5.69 Å². The fraction of sp³-hybridized carbons (Fsp3) is 0.0588. The molecule has 6 heteroatoms. The number of hydrogen-bond acceptors (Lipinski definition) is 3. The van der Waals surface area contributed by atoms with Crippen LogP contribution in [0.5, 0.6) is 5.75 Å². The first-order valence-corrected chi connectivity index (χ1v) is 7.31. The molecular formula is C17H12Cl2N2O2. The first-order chi connectivity index (χ1) is 11.0. The number of rotatable bonds is 4. The third kappa shape index (κ3) is 4.49. The Morgan fingerprint density at radius 1 is 1.26 bits per heavy atom. The van der Waals surface area contributed by atoms with Crippen molar-refractivity contribution in [2.45, 2.75) is 0 Å². The molecule has 0 unspecified atom stereocenters. The average Bonchev–Trinajstić information content (AvgIpc) is 2.54. The topological polar surface area (TPSA) is 62.1 Å². The van der Waals surface area contributed by atoms with Gasteiger partial charge in [0.05, 0.1) is 17.8 Å². The highest BCUT2D eigenvalue weighted by Crippen LogP contribution is 2.24. The number of amides is 1. The molecule has 0 heterocycles. The Hall–Kier alpha value is -2.48. The zero-order valence-corrected chi connectivity index (χ0v) is 13.7. The summed E-state index contributed by atoms with van der Waals surface area (Å²) >= 11 is 12.0. The second kappa shape index (κ2) is 7.68. The van der Waals surface area contributed by atoms with E-state index in [-0.39, 0.29) is 5.57 Å². The molecule has 2 aromatic rings. The van der Waals surface area contributed by atoms with E-state index < -0.39 is 5.91 Å². The molecule has 0 fully saturated rings. The second-order valence-corrected chi connectivity index (χ2v) is 5.37. The largest absolute Gasteiger partial charge is 0.497 e. The smallest absolute Gasteiger partial charge is 0.266 e. The van der Waals surface area contributed by atoms with Gasteiger partial charge in [-0.1, -0.05) is 35.3 Å². The molecule has 0 bridgehead atoms. The van der Waals surface area contributed by atoms with E-state index in [0.717, 1.165) is 0 Å². The number of nitriles is 1.